The van der Waals surface area contributed by atoms with Gasteiger partial charge in [-0.3, -0.25) is 28.8 Å². The second-order valence-electron chi connectivity index (χ2n) is 26.5. The average Bonchev–Trinajstić information content (AvgIpc) is 0.897. The van der Waals surface area contributed by atoms with Crippen LogP contribution in [0.4, 0.5) is 35.1 Å². The fourth-order valence-corrected chi connectivity index (χ4v) is 13.4. The van der Waals surface area contributed by atoms with E-state index in [1.54, 1.807) is 66.7 Å². The van der Waals surface area contributed by atoms with Crippen molar-refractivity contribution in [3.05, 3.63) is 184 Å². The summed E-state index contributed by atoms with van der Waals surface area (Å²) in [5, 5.41) is 9.80. The molecule has 0 amide bonds. The number of rotatable bonds is 27. The zero-order valence-corrected chi connectivity index (χ0v) is 57.6. The number of hydrogen-bond acceptors (Lipinski definition) is 10. The van der Waals surface area contributed by atoms with Crippen LogP contribution in [0.15, 0.2) is 82.6 Å². The van der Waals surface area contributed by atoms with Gasteiger partial charge in [-0.05, 0) is 237 Å². The number of alkyl halides is 2. The standard InChI is InChI=1S/C38H46F4N2O4.C36H42F4N2O4.Li.2H2O/c1-7-48-35(46)19-27(31-17-28(13-25(6)37(31)42)36-23(4)14-30(40)15-24(36)5)18-34(45)33(12-22(2)3)44-20-26(16-32(41)38(44)47)8-10-43-11-9-29(39)21-43;1-20(2)10-31(42-18-24(14-30(39)36(42)46)6-8-41-9-7-27(37)19-41)32(43)16-25(17-33(44)45)29-15-26(11-23(5)35(29)40)34-21(3)12-28(38)13-22(34)4;;;/h13-17,20,22,27,29,33H,7-12,18-19,21H2,1-6H3;11-15,18,20,25,27,31H,6-10,16-17,19H2,1-5H3,(H,44,45);;2*1H2/q;;+1;;/p-1/t27-,29+,33?;25-,27+,31?;;;/m00.../s1. The van der Waals surface area contributed by atoms with Crippen molar-refractivity contribution in [2.45, 2.75) is 177 Å². The summed E-state index contributed by atoms with van der Waals surface area (Å²) >= 11 is 0. The summed E-state index contributed by atoms with van der Waals surface area (Å²) in [6, 6.07) is 12.0. The van der Waals surface area contributed by atoms with Crippen LogP contribution in [0, 0.1) is 88.3 Å². The quantitative estimate of drug-likeness (QED) is 0.0291. The molecule has 2 aliphatic rings. The molecular weight excluding hydrogens is 1260 g/mol. The Kier molecular flexibility index (Phi) is 31.1. The van der Waals surface area contributed by atoms with Crippen LogP contribution in [-0.4, -0.2) is 117 Å². The summed E-state index contributed by atoms with van der Waals surface area (Å²) in [5.74, 6) is -9.10. The van der Waals surface area contributed by atoms with E-state index in [0.717, 1.165) is 26.8 Å². The maximum Gasteiger partial charge on any atom is 1.00 e. The van der Waals surface area contributed by atoms with Crippen LogP contribution in [0.3, 0.4) is 0 Å². The Hall–Kier alpha value is -7.06. The van der Waals surface area contributed by atoms with Crippen LogP contribution in [0.5, 0.6) is 0 Å². The van der Waals surface area contributed by atoms with E-state index in [-0.39, 0.29) is 96.2 Å². The molecule has 2 aromatic heterocycles. The average molecular weight is 1360 g/mol. The largest absolute Gasteiger partial charge is 1.00 e. The van der Waals surface area contributed by atoms with Gasteiger partial charge in [-0.2, -0.15) is 0 Å². The van der Waals surface area contributed by atoms with Crippen LogP contribution in [-0.2, 0) is 36.8 Å². The molecule has 0 radical (unpaired) electrons. The molecule has 8 rings (SSSR count). The Morgan fingerprint density at radius 1 is 0.546 bits per heavy atom. The first-order valence-electron chi connectivity index (χ1n) is 32.4. The predicted octanol–water partition coefficient (Wildman–Crippen LogP) is 11.0. The SMILES string of the molecule is CCOC(=O)C[C@H](CC(=O)C(CC(C)C)n1cc(CCN2CC[C@@H](F)C2)cc(F)c1=O)c1cc(-c2c(C)cc(F)cc2C)cc(C)c1F.Cc1cc(-c2c(C)cc(F)cc2C)cc([C@H](CC(=O)O)CC(=O)C(CC(C)C)n2cc(CCN3CC[C@@H](F)C3)cc(F)c2=O)c1F.O.[Li+].[OH-]. The summed E-state index contributed by atoms with van der Waals surface area (Å²) in [7, 11) is 0. The number of benzene rings is 4. The number of Topliss-reactive ketones (excluding diaryl/α,β-unsaturated/α-hetero) is 2. The molecule has 23 heteroatoms. The number of aryl methyl sites for hydroxylation is 6. The molecule has 2 saturated heterocycles. The van der Waals surface area contributed by atoms with Crippen molar-refractivity contribution in [2.24, 2.45) is 11.8 Å². The number of carboxylic acids is 1. The number of aliphatic carboxylic acids is 1. The molecule has 6 aromatic rings. The fourth-order valence-electron chi connectivity index (χ4n) is 13.4. The van der Waals surface area contributed by atoms with Crippen molar-refractivity contribution >= 4 is 23.5 Å². The molecule has 2 unspecified atom stereocenters. The van der Waals surface area contributed by atoms with E-state index in [1.165, 1.54) is 42.7 Å². The van der Waals surface area contributed by atoms with Crippen LogP contribution < -0.4 is 30.0 Å². The number of halogens is 8. The van der Waals surface area contributed by atoms with E-state index in [2.05, 4.69) is 0 Å². The molecule has 2 aliphatic heterocycles. The van der Waals surface area contributed by atoms with Gasteiger partial charge in [0.15, 0.2) is 23.2 Å². The van der Waals surface area contributed by atoms with Crippen LogP contribution >= 0.6 is 0 Å². The van der Waals surface area contributed by atoms with Crippen LogP contribution in [0.25, 0.3) is 22.3 Å². The molecule has 14 nitrogen and oxygen atoms in total. The first-order valence-corrected chi connectivity index (χ1v) is 32.4. The van der Waals surface area contributed by atoms with Gasteiger partial charge < -0.3 is 39.7 Å². The van der Waals surface area contributed by atoms with Gasteiger partial charge in [0.25, 0.3) is 11.1 Å². The second-order valence-corrected chi connectivity index (χ2v) is 26.5. The number of aromatic nitrogens is 2. The van der Waals surface area contributed by atoms with Crippen LogP contribution in [0.2, 0.25) is 0 Å². The molecule has 0 saturated carbocycles. The number of nitrogens with zero attached hydrogens (tertiary/aromatic N) is 4. The maximum absolute atomic E-state index is 16.0. The molecule has 0 aliphatic carbocycles. The number of carboxylic acid groups (broad SMARTS) is 1. The molecule has 4 N–H and O–H groups in total. The molecular formula is C74H91F8LiN4O10. The first-order chi connectivity index (χ1) is 44.3. The van der Waals surface area contributed by atoms with E-state index in [1.807, 2.05) is 37.5 Å². The Bertz CT molecular complexity index is 3830. The Morgan fingerprint density at radius 2 is 0.907 bits per heavy atom. The molecule has 4 aromatic carbocycles. The minimum Gasteiger partial charge on any atom is -0.870 e. The number of ketones is 2. The number of likely N-dealkylation sites (tertiary alicyclic amines) is 2. The molecule has 97 heavy (non-hydrogen) atoms. The van der Waals surface area contributed by atoms with Gasteiger partial charge in [0.1, 0.15) is 35.6 Å². The molecule has 2 fully saturated rings. The maximum atomic E-state index is 16.0. The number of carbonyl (C=O) groups is 4. The van der Waals surface area contributed by atoms with E-state index < -0.39 is 119 Å². The monoisotopic (exact) mass is 1350 g/mol. The van der Waals surface area contributed by atoms with E-state index in [4.69, 9.17) is 4.74 Å². The summed E-state index contributed by atoms with van der Waals surface area (Å²) < 4.78 is 125. The molecule has 0 spiro atoms. The Morgan fingerprint density at radius 3 is 1.23 bits per heavy atom. The van der Waals surface area contributed by atoms with E-state index in [0.29, 0.717) is 115 Å². The third-order valence-electron chi connectivity index (χ3n) is 17.8. The molecule has 4 heterocycles. The second kappa shape index (κ2) is 36.7. The smallest absolute Gasteiger partial charge is 0.870 e. The molecule has 524 valence electrons. The predicted molar refractivity (Wildman–Crippen MR) is 353 cm³/mol. The van der Waals surface area contributed by atoms with E-state index >= 15 is 13.2 Å². The van der Waals surface area contributed by atoms with Gasteiger partial charge in [-0.25, -0.2) is 35.1 Å². The Balaban J connectivity index is 0.000000400. The Labute approximate surface area is 574 Å². The number of hydrogen-bond donors (Lipinski definition) is 1. The summed E-state index contributed by atoms with van der Waals surface area (Å²) in [5.41, 5.74) is 4.83. The number of carbonyl (C=O) groups excluding carboxylic acids is 3. The van der Waals surface area contributed by atoms with Gasteiger partial charge in [0.2, 0.25) is 0 Å². The van der Waals surface area contributed by atoms with Crippen LogP contribution in [0.1, 0.15) is 166 Å². The van der Waals surface area contributed by atoms with Gasteiger partial charge in [0, 0.05) is 76.3 Å². The fraction of sp³-hybridized carbons (Fsp3) is 0.486. The third kappa shape index (κ3) is 21.7. The van der Waals surface area contributed by atoms with Gasteiger partial charge >= 0.3 is 30.8 Å². The zero-order valence-electron chi connectivity index (χ0n) is 57.6. The van der Waals surface area contributed by atoms with Crippen molar-refractivity contribution in [2.75, 3.05) is 45.9 Å². The van der Waals surface area contributed by atoms with Crippen molar-refractivity contribution in [3.8, 4) is 22.3 Å². The third-order valence-corrected chi connectivity index (χ3v) is 17.8. The van der Waals surface area contributed by atoms with Crippen molar-refractivity contribution in [1.29, 1.82) is 0 Å². The van der Waals surface area contributed by atoms with Gasteiger partial charge in [-0.1, -0.05) is 27.7 Å². The van der Waals surface area contributed by atoms with E-state index in [9.17, 15) is 55.8 Å². The molecule has 0 bridgehead atoms. The topological polar surface area (TPSA) is 210 Å². The number of ether oxygens (including phenoxy) is 1. The normalized spacial score (nSPS) is 16.0. The minimum atomic E-state index is -1.24. The molecule has 6 atom stereocenters. The number of pyridine rings is 2. The summed E-state index contributed by atoms with van der Waals surface area (Å²) in [4.78, 5) is 83.2. The zero-order chi connectivity index (χ0) is 69.2. The van der Waals surface area contributed by atoms with Crippen molar-refractivity contribution in [3.63, 3.8) is 0 Å². The number of esters is 1. The van der Waals surface area contributed by atoms with Crippen molar-refractivity contribution < 1.29 is 94.0 Å². The first kappa shape index (κ1) is 82.4. The van der Waals surface area contributed by atoms with Gasteiger partial charge in [-0.15, -0.1) is 0 Å². The summed E-state index contributed by atoms with van der Waals surface area (Å²) in [6.07, 6.45) is 1.51. The van der Waals surface area contributed by atoms with Gasteiger partial charge in [0.05, 0.1) is 31.5 Å². The minimum absolute atomic E-state index is 0. The van der Waals surface area contributed by atoms with Crippen molar-refractivity contribution in [1.82, 2.24) is 18.9 Å². The summed E-state index contributed by atoms with van der Waals surface area (Å²) in [6.45, 7) is 22.0.